The first kappa shape index (κ1) is 16.9. The fourth-order valence-corrected chi connectivity index (χ4v) is 2.39. The highest BCUT2D eigenvalue weighted by Crippen LogP contribution is 2.29. The molecule has 1 atom stereocenters. The number of carboxylic acid groups (broad SMARTS) is 1. The van der Waals surface area contributed by atoms with Crippen molar-refractivity contribution < 1.29 is 14.7 Å². The predicted molar refractivity (Wildman–Crippen MR) is 73.8 cm³/mol. The van der Waals surface area contributed by atoms with Crippen molar-refractivity contribution in [3.63, 3.8) is 0 Å². The number of hydrogen-bond donors (Lipinski definition) is 1. The topological polar surface area (TPSA) is 108 Å². The molecule has 7 heteroatoms. The standard InChI is InChI=1S/C14H20N4O3/c1-14(13(20)21)4-9-17(11-14)10-12(19)18(7-2-5-15)8-3-6-16/h2-4,7-11H2,1H3,(H,20,21). The summed E-state index contributed by atoms with van der Waals surface area (Å²) in [6, 6.07) is 3.97. The van der Waals surface area contributed by atoms with E-state index in [0.717, 1.165) is 0 Å². The molecular formula is C14H20N4O3. The zero-order valence-electron chi connectivity index (χ0n) is 12.2. The summed E-state index contributed by atoms with van der Waals surface area (Å²) in [6.45, 7) is 3.35. The normalized spacial score (nSPS) is 21.5. The quantitative estimate of drug-likeness (QED) is 0.729. The van der Waals surface area contributed by atoms with Crippen molar-refractivity contribution in [1.82, 2.24) is 9.80 Å². The second kappa shape index (κ2) is 7.61. The van der Waals surface area contributed by atoms with Crippen LogP contribution in [0.1, 0.15) is 26.2 Å². The Hall–Kier alpha value is -2.12. The highest BCUT2D eigenvalue weighted by atomic mass is 16.4. The number of nitrogens with zero attached hydrogens (tertiary/aromatic N) is 4. The van der Waals surface area contributed by atoms with E-state index in [-0.39, 0.29) is 25.3 Å². The molecule has 0 aromatic heterocycles. The van der Waals surface area contributed by atoms with Crippen LogP contribution < -0.4 is 0 Å². The van der Waals surface area contributed by atoms with E-state index < -0.39 is 11.4 Å². The Kier molecular flexibility index (Phi) is 6.13. The number of hydrogen-bond acceptors (Lipinski definition) is 5. The highest BCUT2D eigenvalue weighted by Gasteiger charge is 2.41. The summed E-state index contributed by atoms with van der Waals surface area (Å²) in [6.07, 6.45) is 0.972. The van der Waals surface area contributed by atoms with Gasteiger partial charge in [-0.1, -0.05) is 0 Å². The smallest absolute Gasteiger partial charge is 0.310 e. The molecule has 1 amide bonds. The summed E-state index contributed by atoms with van der Waals surface area (Å²) >= 11 is 0. The Bertz CT molecular complexity index is 462. The van der Waals surface area contributed by atoms with E-state index in [4.69, 9.17) is 10.5 Å². The number of carbonyl (C=O) groups is 2. The number of carboxylic acids is 1. The van der Waals surface area contributed by atoms with Crippen LogP contribution in [0.5, 0.6) is 0 Å². The molecule has 0 spiro atoms. The van der Waals surface area contributed by atoms with Gasteiger partial charge >= 0.3 is 5.97 Å². The second-order valence-electron chi connectivity index (χ2n) is 5.52. The maximum Gasteiger partial charge on any atom is 0.310 e. The minimum absolute atomic E-state index is 0.139. The average Bonchev–Trinajstić information content (AvgIpc) is 2.81. The van der Waals surface area contributed by atoms with Crippen molar-refractivity contribution in [2.45, 2.75) is 26.2 Å². The summed E-state index contributed by atoms with van der Waals surface area (Å²) < 4.78 is 0. The van der Waals surface area contributed by atoms with Gasteiger partial charge in [0, 0.05) is 19.6 Å². The lowest BCUT2D eigenvalue weighted by Gasteiger charge is -2.24. The first-order valence-corrected chi connectivity index (χ1v) is 6.90. The maximum absolute atomic E-state index is 12.2. The van der Waals surface area contributed by atoms with E-state index in [0.29, 0.717) is 32.6 Å². The van der Waals surface area contributed by atoms with Crippen LogP contribution in [0.4, 0.5) is 0 Å². The van der Waals surface area contributed by atoms with E-state index >= 15 is 0 Å². The summed E-state index contributed by atoms with van der Waals surface area (Å²) in [5.74, 6) is -1.00. The fraction of sp³-hybridized carbons (Fsp3) is 0.714. The van der Waals surface area contributed by atoms with Crippen molar-refractivity contribution in [3.05, 3.63) is 0 Å². The minimum atomic E-state index is -0.844. The van der Waals surface area contributed by atoms with Crippen molar-refractivity contribution in [2.24, 2.45) is 5.41 Å². The van der Waals surface area contributed by atoms with Crippen molar-refractivity contribution >= 4 is 11.9 Å². The zero-order valence-corrected chi connectivity index (χ0v) is 12.2. The van der Waals surface area contributed by atoms with Crippen LogP contribution in [0.2, 0.25) is 0 Å². The summed E-state index contributed by atoms with van der Waals surface area (Å²) in [7, 11) is 0. The molecule has 7 nitrogen and oxygen atoms in total. The van der Waals surface area contributed by atoms with Gasteiger partial charge in [-0.15, -0.1) is 0 Å². The van der Waals surface area contributed by atoms with Crippen LogP contribution in [0, 0.1) is 28.1 Å². The van der Waals surface area contributed by atoms with E-state index in [1.807, 2.05) is 17.0 Å². The van der Waals surface area contributed by atoms with Crippen molar-refractivity contribution in [2.75, 3.05) is 32.7 Å². The number of rotatable bonds is 7. The molecular weight excluding hydrogens is 272 g/mol. The molecule has 1 N–H and O–H groups in total. The Labute approximate surface area is 124 Å². The molecule has 0 aromatic carbocycles. The fourth-order valence-electron chi connectivity index (χ4n) is 2.39. The zero-order chi connectivity index (χ0) is 15.9. The van der Waals surface area contributed by atoms with E-state index in [9.17, 15) is 14.7 Å². The molecule has 1 rings (SSSR count). The number of carbonyl (C=O) groups excluding carboxylic acids is 1. The molecule has 1 heterocycles. The minimum Gasteiger partial charge on any atom is -0.481 e. The van der Waals surface area contributed by atoms with Gasteiger partial charge in [-0.25, -0.2) is 0 Å². The third-order valence-corrected chi connectivity index (χ3v) is 3.77. The molecule has 1 aliphatic rings. The lowest BCUT2D eigenvalue weighted by molar-refractivity contribution is -0.147. The molecule has 0 aliphatic carbocycles. The molecule has 1 saturated heterocycles. The molecule has 0 aromatic rings. The third-order valence-electron chi connectivity index (χ3n) is 3.77. The van der Waals surface area contributed by atoms with Gasteiger partial charge in [-0.05, 0) is 19.9 Å². The molecule has 1 fully saturated rings. The van der Waals surface area contributed by atoms with Crippen LogP contribution in [-0.4, -0.2) is 59.5 Å². The number of likely N-dealkylation sites (tertiary alicyclic amines) is 1. The van der Waals surface area contributed by atoms with Crippen LogP contribution in [0.25, 0.3) is 0 Å². The van der Waals surface area contributed by atoms with Gasteiger partial charge < -0.3 is 10.0 Å². The first-order valence-electron chi connectivity index (χ1n) is 6.90. The molecule has 1 aliphatic heterocycles. The van der Waals surface area contributed by atoms with E-state index in [1.54, 1.807) is 6.92 Å². The van der Waals surface area contributed by atoms with Gasteiger partial charge in [-0.3, -0.25) is 14.5 Å². The van der Waals surface area contributed by atoms with Crippen LogP contribution in [0.3, 0.4) is 0 Å². The summed E-state index contributed by atoms with van der Waals surface area (Å²) in [4.78, 5) is 26.7. The third kappa shape index (κ3) is 4.73. The average molecular weight is 292 g/mol. The predicted octanol–water partition coefficient (Wildman–Crippen LogP) is 0.439. The molecule has 0 radical (unpaired) electrons. The van der Waals surface area contributed by atoms with Crippen LogP contribution in [0.15, 0.2) is 0 Å². The largest absolute Gasteiger partial charge is 0.481 e. The molecule has 0 bridgehead atoms. The van der Waals surface area contributed by atoms with Gasteiger partial charge in [0.05, 0.1) is 36.9 Å². The molecule has 1 unspecified atom stereocenters. The maximum atomic E-state index is 12.2. The lowest BCUT2D eigenvalue weighted by Crippen LogP contribution is -2.41. The second-order valence-corrected chi connectivity index (χ2v) is 5.52. The molecule has 21 heavy (non-hydrogen) atoms. The Morgan fingerprint density at radius 3 is 2.29 bits per heavy atom. The van der Waals surface area contributed by atoms with Gasteiger partial charge in [-0.2, -0.15) is 10.5 Å². The van der Waals surface area contributed by atoms with Gasteiger partial charge in [0.15, 0.2) is 0 Å². The van der Waals surface area contributed by atoms with E-state index in [2.05, 4.69) is 0 Å². The highest BCUT2D eigenvalue weighted by molar-refractivity contribution is 5.79. The monoisotopic (exact) mass is 292 g/mol. The number of aliphatic carboxylic acids is 1. The Morgan fingerprint density at radius 1 is 1.29 bits per heavy atom. The molecule has 0 saturated carbocycles. The van der Waals surface area contributed by atoms with Gasteiger partial charge in [0.1, 0.15) is 0 Å². The lowest BCUT2D eigenvalue weighted by atomic mass is 9.90. The summed E-state index contributed by atoms with van der Waals surface area (Å²) in [5, 5.41) is 26.4. The summed E-state index contributed by atoms with van der Waals surface area (Å²) in [5.41, 5.74) is -0.801. The SMILES string of the molecule is CC1(C(=O)O)CCN(CC(=O)N(CCC#N)CCC#N)C1. The number of nitriles is 2. The first-order chi connectivity index (χ1) is 9.92. The van der Waals surface area contributed by atoms with Crippen molar-refractivity contribution in [3.8, 4) is 12.1 Å². The van der Waals surface area contributed by atoms with Crippen LogP contribution >= 0.6 is 0 Å². The van der Waals surface area contributed by atoms with Gasteiger partial charge in [0.2, 0.25) is 5.91 Å². The number of amides is 1. The van der Waals surface area contributed by atoms with Crippen molar-refractivity contribution in [1.29, 1.82) is 10.5 Å². The van der Waals surface area contributed by atoms with Gasteiger partial charge in [0.25, 0.3) is 0 Å². The Morgan fingerprint density at radius 2 is 1.86 bits per heavy atom. The van der Waals surface area contributed by atoms with Crippen LogP contribution in [-0.2, 0) is 9.59 Å². The Balaban J connectivity index is 2.56. The molecule has 114 valence electrons. The van der Waals surface area contributed by atoms with E-state index in [1.165, 1.54) is 4.90 Å².